The number of Topliss-reactive ketones (excluding diaryl/α,β-unsaturated/α-hetero) is 1. The van der Waals surface area contributed by atoms with Gasteiger partial charge in [-0.15, -0.1) is 11.8 Å². The topological polar surface area (TPSA) is 17.1 Å². The van der Waals surface area contributed by atoms with E-state index in [4.69, 9.17) is 23.2 Å². The van der Waals surface area contributed by atoms with Crippen LogP contribution in [0.3, 0.4) is 0 Å². The molecule has 0 bridgehead atoms. The Morgan fingerprint density at radius 3 is 1.95 bits per heavy atom. The maximum absolute atomic E-state index is 12.2. The van der Waals surface area contributed by atoms with E-state index in [1.807, 2.05) is 31.2 Å². The van der Waals surface area contributed by atoms with Crippen LogP contribution in [0.5, 0.6) is 0 Å². The van der Waals surface area contributed by atoms with Gasteiger partial charge >= 0.3 is 0 Å². The maximum Gasteiger partial charge on any atom is 0.175 e. The Labute approximate surface area is 126 Å². The van der Waals surface area contributed by atoms with E-state index in [9.17, 15) is 4.79 Å². The highest BCUT2D eigenvalue weighted by molar-refractivity contribution is 8.00. The molecule has 0 saturated heterocycles. The zero-order valence-electron chi connectivity index (χ0n) is 10.3. The number of ketones is 1. The molecule has 0 aromatic heterocycles. The molecule has 2 rings (SSSR count). The molecular weight excluding hydrogens is 299 g/mol. The average molecular weight is 311 g/mol. The average Bonchev–Trinajstić information content (AvgIpc) is 2.41. The number of benzene rings is 2. The van der Waals surface area contributed by atoms with E-state index < -0.39 is 0 Å². The number of hydrogen-bond donors (Lipinski definition) is 0. The van der Waals surface area contributed by atoms with Crippen molar-refractivity contribution in [3.05, 3.63) is 64.1 Å². The molecule has 0 N–H and O–H groups in total. The number of carbonyl (C=O) groups excluding carboxylic acids is 1. The Hall–Kier alpha value is -0.960. The van der Waals surface area contributed by atoms with Crippen molar-refractivity contribution in [3.8, 4) is 0 Å². The van der Waals surface area contributed by atoms with E-state index in [1.54, 1.807) is 24.3 Å². The van der Waals surface area contributed by atoms with E-state index in [2.05, 4.69) is 0 Å². The first-order valence-corrected chi connectivity index (χ1v) is 7.42. The van der Waals surface area contributed by atoms with Crippen molar-refractivity contribution in [2.24, 2.45) is 0 Å². The van der Waals surface area contributed by atoms with Crippen molar-refractivity contribution in [2.75, 3.05) is 0 Å². The number of carbonyl (C=O) groups is 1. The van der Waals surface area contributed by atoms with Crippen LogP contribution in [-0.4, -0.2) is 11.0 Å². The summed E-state index contributed by atoms with van der Waals surface area (Å²) in [4.78, 5) is 13.3. The SMILES string of the molecule is CC(Sc1ccc(Cl)cc1)C(=O)c1ccc(Cl)cc1. The molecule has 0 radical (unpaired) electrons. The molecule has 0 aliphatic rings. The van der Waals surface area contributed by atoms with Crippen LogP contribution in [0.1, 0.15) is 17.3 Å². The molecule has 1 nitrogen and oxygen atoms in total. The zero-order chi connectivity index (χ0) is 13.8. The largest absolute Gasteiger partial charge is 0.293 e. The number of thioether (sulfide) groups is 1. The third-order valence-electron chi connectivity index (χ3n) is 2.62. The lowest BCUT2D eigenvalue weighted by molar-refractivity contribution is 0.0994. The molecule has 19 heavy (non-hydrogen) atoms. The lowest BCUT2D eigenvalue weighted by Crippen LogP contribution is -2.13. The van der Waals surface area contributed by atoms with E-state index in [0.717, 1.165) is 4.90 Å². The smallest absolute Gasteiger partial charge is 0.175 e. The van der Waals surface area contributed by atoms with E-state index in [-0.39, 0.29) is 11.0 Å². The molecule has 98 valence electrons. The summed E-state index contributed by atoms with van der Waals surface area (Å²) in [6, 6.07) is 14.4. The van der Waals surface area contributed by atoms with Gasteiger partial charge in [0.1, 0.15) is 0 Å². The number of rotatable bonds is 4. The highest BCUT2D eigenvalue weighted by atomic mass is 35.5. The lowest BCUT2D eigenvalue weighted by atomic mass is 10.1. The first-order chi connectivity index (χ1) is 9.06. The summed E-state index contributed by atoms with van der Waals surface area (Å²) in [5.41, 5.74) is 0.679. The van der Waals surface area contributed by atoms with Crippen molar-refractivity contribution in [3.63, 3.8) is 0 Å². The molecule has 0 aliphatic heterocycles. The van der Waals surface area contributed by atoms with Gasteiger partial charge in [0.25, 0.3) is 0 Å². The van der Waals surface area contributed by atoms with Crippen molar-refractivity contribution in [2.45, 2.75) is 17.1 Å². The second-order valence-electron chi connectivity index (χ2n) is 4.09. The maximum atomic E-state index is 12.2. The minimum atomic E-state index is -0.151. The Kier molecular flexibility index (Phi) is 4.92. The Morgan fingerprint density at radius 1 is 0.947 bits per heavy atom. The summed E-state index contributed by atoms with van der Waals surface area (Å²) in [5, 5.41) is 1.18. The minimum absolute atomic E-state index is 0.0941. The van der Waals surface area contributed by atoms with E-state index in [1.165, 1.54) is 11.8 Å². The van der Waals surface area contributed by atoms with Gasteiger partial charge in [-0.05, 0) is 55.5 Å². The standard InChI is InChI=1S/C15H12Cl2OS/c1-10(19-14-8-6-13(17)7-9-14)15(18)11-2-4-12(16)5-3-11/h2-10H,1H3. The molecule has 1 atom stereocenters. The zero-order valence-corrected chi connectivity index (χ0v) is 12.6. The highest BCUT2D eigenvalue weighted by Crippen LogP contribution is 2.27. The Morgan fingerprint density at radius 2 is 1.42 bits per heavy atom. The van der Waals surface area contributed by atoms with Crippen LogP contribution >= 0.6 is 35.0 Å². The highest BCUT2D eigenvalue weighted by Gasteiger charge is 2.16. The van der Waals surface area contributed by atoms with Gasteiger partial charge in [0, 0.05) is 20.5 Å². The molecule has 0 saturated carbocycles. The summed E-state index contributed by atoms with van der Waals surface area (Å²) in [6.45, 7) is 1.90. The van der Waals surface area contributed by atoms with Gasteiger partial charge in [0.2, 0.25) is 0 Å². The molecule has 2 aromatic rings. The third-order valence-corrected chi connectivity index (χ3v) is 4.24. The summed E-state index contributed by atoms with van der Waals surface area (Å²) in [7, 11) is 0. The van der Waals surface area contributed by atoms with Crippen LogP contribution in [0.25, 0.3) is 0 Å². The predicted molar refractivity (Wildman–Crippen MR) is 82.6 cm³/mol. The van der Waals surface area contributed by atoms with Crippen LogP contribution in [0.15, 0.2) is 53.4 Å². The van der Waals surface area contributed by atoms with Gasteiger partial charge < -0.3 is 0 Å². The molecule has 2 aromatic carbocycles. The van der Waals surface area contributed by atoms with Gasteiger partial charge in [-0.2, -0.15) is 0 Å². The summed E-state index contributed by atoms with van der Waals surface area (Å²) < 4.78 is 0. The van der Waals surface area contributed by atoms with Crippen LogP contribution in [0.4, 0.5) is 0 Å². The molecule has 0 fully saturated rings. The van der Waals surface area contributed by atoms with Crippen molar-refractivity contribution >= 4 is 40.7 Å². The fourth-order valence-corrected chi connectivity index (χ4v) is 2.82. The first-order valence-electron chi connectivity index (χ1n) is 5.78. The van der Waals surface area contributed by atoms with Gasteiger partial charge in [-0.3, -0.25) is 4.79 Å². The van der Waals surface area contributed by atoms with Crippen LogP contribution in [-0.2, 0) is 0 Å². The molecular formula is C15H12Cl2OS. The van der Waals surface area contributed by atoms with Crippen molar-refractivity contribution < 1.29 is 4.79 Å². The minimum Gasteiger partial charge on any atom is -0.293 e. The predicted octanol–water partition coefficient (Wildman–Crippen LogP) is 5.36. The fraction of sp³-hybridized carbons (Fsp3) is 0.133. The molecule has 4 heteroatoms. The van der Waals surface area contributed by atoms with Crippen molar-refractivity contribution in [1.29, 1.82) is 0 Å². The van der Waals surface area contributed by atoms with Crippen LogP contribution < -0.4 is 0 Å². The normalized spacial score (nSPS) is 12.2. The van der Waals surface area contributed by atoms with Gasteiger partial charge in [-0.1, -0.05) is 23.2 Å². The van der Waals surface area contributed by atoms with Crippen molar-refractivity contribution in [1.82, 2.24) is 0 Å². The van der Waals surface area contributed by atoms with Gasteiger partial charge in [0.05, 0.1) is 5.25 Å². The monoisotopic (exact) mass is 310 g/mol. The molecule has 0 spiro atoms. The van der Waals surface area contributed by atoms with E-state index >= 15 is 0 Å². The van der Waals surface area contributed by atoms with Crippen LogP contribution in [0, 0.1) is 0 Å². The van der Waals surface area contributed by atoms with Crippen LogP contribution in [0.2, 0.25) is 10.0 Å². The first kappa shape index (κ1) is 14.4. The summed E-state index contributed by atoms with van der Waals surface area (Å²) in [5.74, 6) is 0.0941. The quantitative estimate of drug-likeness (QED) is 0.559. The third kappa shape index (κ3) is 4.00. The van der Waals surface area contributed by atoms with E-state index in [0.29, 0.717) is 15.6 Å². The summed E-state index contributed by atoms with van der Waals surface area (Å²) in [6.07, 6.45) is 0. The van der Waals surface area contributed by atoms with Gasteiger partial charge in [0.15, 0.2) is 5.78 Å². The lowest BCUT2D eigenvalue weighted by Gasteiger charge is -2.10. The molecule has 1 unspecified atom stereocenters. The molecule has 0 heterocycles. The molecule has 0 amide bonds. The Balaban J connectivity index is 2.07. The second kappa shape index (κ2) is 6.47. The second-order valence-corrected chi connectivity index (χ2v) is 6.37. The molecule has 0 aliphatic carbocycles. The number of hydrogen-bond acceptors (Lipinski definition) is 2. The van der Waals surface area contributed by atoms with Gasteiger partial charge in [-0.25, -0.2) is 0 Å². The Bertz CT molecular complexity index is 564. The number of halogens is 2. The fourth-order valence-electron chi connectivity index (χ4n) is 1.62. The summed E-state index contributed by atoms with van der Waals surface area (Å²) >= 11 is 13.2.